The highest BCUT2D eigenvalue weighted by molar-refractivity contribution is 6.31. The topological polar surface area (TPSA) is 78.9 Å². The fourth-order valence-corrected chi connectivity index (χ4v) is 2.08. The maximum atomic E-state index is 12.4. The molecule has 1 aromatic carbocycles. The highest BCUT2D eigenvalue weighted by Gasteiger charge is 2.17. The second-order valence-electron chi connectivity index (χ2n) is 4.34. The molecule has 0 aromatic heterocycles. The Bertz CT molecular complexity index is 469. The average molecular weight is 284 g/mol. The Morgan fingerprint density at radius 2 is 2.16 bits per heavy atom. The predicted octanol–water partition coefficient (Wildman–Crippen LogP) is 2.25. The van der Waals surface area contributed by atoms with Crippen molar-refractivity contribution >= 4 is 23.3 Å². The first kappa shape index (κ1) is 15.3. The Hall–Kier alpha value is -1.75. The van der Waals surface area contributed by atoms with Gasteiger partial charge in [-0.15, -0.1) is 0 Å². The van der Waals surface area contributed by atoms with Gasteiger partial charge in [-0.3, -0.25) is 4.79 Å². The SMILES string of the molecule is CCCN(C/C(N)=N/O)C(=O)c1cc(C)cc(Cl)c1. The van der Waals surface area contributed by atoms with Crippen LogP contribution in [-0.4, -0.2) is 34.9 Å². The zero-order valence-electron chi connectivity index (χ0n) is 11.1. The Morgan fingerprint density at radius 1 is 1.47 bits per heavy atom. The molecule has 1 amide bonds. The van der Waals surface area contributed by atoms with Crippen molar-refractivity contribution in [3.63, 3.8) is 0 Å². The molecule has 0 saturated carbocycles. The lowest BCUT2D eigenvalue weighted by Crippen LogP contribution is -2.39. The minimum Gasteiger partial charge on any atom is -0.409 e. The zero-order chi connectivity index (χ0) is 14.4. The van der Waals surface area contributed by atoms with Crippen molar-refractivity contribution < 1.29 is 10.0 Å². The molecule has 0 aliphatic carbocycles. The first-order valence-electron chi connectivity index (χ1n) is 6.00. The predicted molar refractivity (Wildman–Crippen MR) is 75.8 cm³/mol. The Balaban J connectivity index is 2.98. The van der Waals surface area contributed by atoms with E-state index >= 15 is 0 Å². The number of aryl methyl sites for hydroxylation is 1. The van der Waals surface area contributed by atoms with Gasteiger partial charge >= 0.3 is 0 Å². The van der Waals surface area contributed by atoms with E-state index < -0.39 is 0 Å². The number of hydrogen-bond acceptors (Lipinski definition) is 3. The lowest BCUT2D eigenvalue weighted by atomic mass is 10.1. The van der Waals surface area contributed by atoms with Crippen molar-refractivity contribution in [1.82, 2.24) is 4.90 Å². The van der Waals surface area contributed by atoms with Gasteiger partial charge in [0.25, 0.3) is 5.91 Å². The first-order valence-corrected chi connectivity index (χ1v) is 6.38. The quantitative estimate of drug-likeness (QED) is 0.376. The molecular weight excluding hydrogens is 266 g/mol. The van der Waals surface area contributed by atoms with Crippen LogP contribution in [0.25, 0.3) is 0 Å². The second kappa shape index (κ2) is 6.99. The minimum atomic E-state index is -0.181. The van der Waals surface area contributed by atoms with Crippen LogP contribution in [0.2, 0.25) is 5.02 Å². The van der Waals surface area contributed by atoms with E-state index in [4.69, 9.17) is 22.5 Å². The Kier molecular flexibility index (Phi) is 5.63. The van der Waals surface area contributed by atoms with Crippen LogP contribution in [0.3, 0.4) is 0 Å². The molecular formula is C13H18ClN3O2. The number of amidine groups is 1. The Labute approximate surface area is 117 Å². The summed E-state index contributed by atoms with van der Waals surface area (Å²) in [5.74, 6) is -0.181. The highest BCUT2D eigenvalue weighted by Crippen LogP contribution is 2.16. The fraction of sp³-hybridized carbons (Fsp3) is 0.385. The van der Waals surface area contributed by atoms with Crippen molar-refractivity contribution in [2.45, 2.75) is 20.3 Å². The summed E-state index contributed by atoms with van der Waals surface area (Å²) in [5, 5.41) is 12.0. The molecule has 1 rings (SSSR count). The van der Waals surface area contributed by atoms with Crippen LogP contribution in [0.15, 0.2) is 23.4 Å². The zero-order valence-corrected chi connectivity index (χ0v) is 11.8. The van der Waals surface area contributed by atoms with E-state index in [-0.39, 0.29) is 18.3 Å². The van der Waals surface area contributed by atoms with Gasteiger partial charge in [-0.2, -0.15) is 0 Å². The van der Waals surface area contributed by atoms with Crippen LogP contribution in [0.1, 0.15) is 29.3 Å². The van der Waals surface area contributed by atoms with E-state index in [2.05, 4.69) is 5.16 Å². The third-order valence-corrected chi connectivity index (χ3v) is 2.77. The molecule has 104 valence electrons. The summed E-state index contributed by atoms with van der Waals surface area (Å²) in [6.07, 6.45) is 0.782. The van der Waals surface area contributed by atoms with Crippen LogP contribution in [-0.2, 0) is 0 Å². The van der Waals surface area contributed by atoms with Crippen LogP contribution in [0.5, 0.6) is 0 Å². The molecule has 0 aliphatic heterocycles. The van der Waals surface area contributed by atoms with Crippen molar-refractivity contribution in [2.24, 2.45) is 10.9 Å². The average Bonchev–Trinajstić information content (AvgIpc) is 2.36. The van der Waals surface area contributed by atoms with E-state index in [0.717, 1.165) is 12.0 Å². The third kappa shape index (κ3) is 4.44. The molecule has 0 heterocycles. The van der Waals surface area contributed by atoms with Gasteiger partial charge in [0, 0.05) is 17.1 Å². The summed E-state index contributed by atoms with van der Waals surface area (Å²) in [4.78, 5) is 13.9. The summed E-state index contributed by atoms with van der Waals surface area (Å²) in [7, 11) is 0. The van der Waals surface area contributed by atoms with E-state index in [1.165, 1.54) is 4.90 Å². The molecule has 0 atom stereocenters. The number of amides is 1. The lowest BCUT2D eigenvalue weighted by molar-refractivity contribution is 0.0778. The summed E-state index contributed by atoms with van der Waals surface area (Å²) in [5.41, 5.74) is 6.88. The normalized spacial score (nSPS) is 11.4. The second-order valence-corrected chi connectivity index (χ2v) is 4.77. The standard InChI is InChI=1S/C13H18ClN3O2/c1-3-4-17(8-12(15)16-19)13(18)10-5-9(2)6-11(14)7-10/h5-7,19H,3-4,8H2,1-2H3,(H2,15,16). The van der Waals surface area contributed by atoms with Crippen molar-refractivity contribution in [1.29, 1.82) is 0 Å². The van der Waals surface area contributed by atoms with Crippen molar-refractivity contribution in [3.05, 3.63) is 34.3 Å². The number of benzene rings is 1. The third-order valence-electron chi connectivity index (χ3n) is 2.55. The molecule has 0 bridgehead atoms. The smallest absolute Gasteiger partial charge is 0.254 e. The van der Waals surface area contributed by atoms with Crippen LogP contribution < -0.4 is 5.73 Å². The number of oxime groups is 1. The van der Waals surface area contributed by atoms with E-state index in [1.54, 1.807) is 18.2 Å². The number of nitrogens with zero attached hydrogens (tertiary/aromatic N) is 2. The van der Waals surface area contributed by atoms with Gasteiger partial charge in [-0.05, 0) is 37.1 Å². The minimum absolute atomic E-state index is 0.000509. The lowest BCUT2D eigenvalue weighted by Gasteiger charge is -2.21. The molecule has 5 nitrogen and oxygen atoms in total. The maximum absolute atomic E-state index is 12.4. The fourth-order valence-electron chi connectivity index (χ4n) is 1.79. The van der Waals surface area contributed by atoms with Crippen molar-refractivity contribution in [3.8, 4) is 0 Å². The van der Waals surface area contributed by atoms with Crippen LogP contribution in [0, 0.1) is 6.92 Å². The van der Waals surface area contributed by atoms with Gasteiger partial charge in [0.2, 0.25) is 0 Å². The largest absolute Gasteiger partial charge is 0.409 e. The maximum Gasteiger partial charge on any atom is 0.254 e. The van der Waals surface area contributed by atoms with E-state index in [1.807, 2.05) is 13.8 Å². The molecule has 6 heteroatoms. The molecule has 0 spiro atoms. The van der Waals surface area contributed by atoms with E-state index in [0.29, 0.717) is 17.1 Å². The number of carbonyl (C=O) groups excluding carboxylic acids is 1. The number of carbonyl (C=O) groups is 1. The molecule has 1 aromatic rings. The molecule has 0 unspecified atom stereocenters. The van der Waals surface area contributed by atoms with Gasteiger partial charge in [0.1, 0.15) is 0 Å². The molecule has 3 N–H and O–H groups in total. The van der Waals surface area contributed by atoms with Gasteiger partial charge in [-0.1, -0.05) is 23.7 Å². The van der Waals surface area contributed by atoms with E-state index in [9.17, 15) is 4.79 Å². The summed E-state index contributed by atoms with van der Waals surface area (Å²) in [6.45, 7) is 4.45. The summed E-state index contributed by atoms with van der Waals surface area (Å²) in [6, 6.07) is 5.17. The molecule has 19 heavy (non-hydrogen) atoms. The first-order chi connectivity index (χ1) is 8.97. The number of rotatable bonds is 5. The molecule has 0 radical (unpaired) electrons. The van der Waals surface area contributed by atoms with Gasteiger partial charge in [0.05, 0.1) is 6.54 Å². The number of halogens is 1. The molecule has 0 fully saturated rings. The van der Waals surface area contributed by atoms with Crippen LogP contribution >= 0.6 is 11.6 Å². The molecule has 0 saturated heterocycles. The summed E-state index contributed by atoms with van der Waals surface area (Å²) < 4.78 is 0. The van der Waals surface area contributed by atoms with Gasteiger partial charge in [-0.25, -0.2) is 0 Å². The number of hydrogen-bond donors (Lipinski definition) is 2. The van der Waals surface area contributed by atoms with Crippen molar-refractivity contribution in [2.75, 3.05) is 13.1 Å². The van der Waals surface area contributed by atoms with Gasteiger partial charge in [0.15, 0.2) is 5.84 Å². The van der Waals surface area contributed by atoms with Crippen LogP contribution in [0.4, 0.5) is 0 Å². The summed E-state index contributed by atoms with van der Waals surface area (Å²) >= 11 is 5.95. The monoisotopic (exact) mass is 283 g/mol. The highest BCUT2D eigenvalue weighted by atomic mass is 35.5. The number of nitrogens with two attached hydrogens (primary N) is 1. The Morgan fingerprint density at radius 3 is 2.68 bits per heavy atom. The van der Waals surface area contributed by atoms with Gasteiger partial charge < -0.3 is 15.8 Å². The molecule has 0 aliphatic rings.